The molecule has 0 radical (unpaired) electrons. The SMILES string of the molecule is NCC(CC1COC1)c1ccc(Cl)c(Cl)c1. The largest absolute Gasteiger partial charge is 0.381 e. The zero-order valence-corrected chi connectivity index (χ0v) is 10.5. The molecule has 0 aliphatic carbocycles. The molecule has 1 aromatic carbocycles. The highest BCUT2D eigenvalue weighted by Crippen LogP contribution is 2.31. The number of halogens is 2. The topological polar surface area (TPSA) is 35.2 Å². The Morgan fingerprint density at radius 2 is 2.06 bits per heavy atom. The summed E-state index contributed by atoms with van der Waals surface area (Å²) in [6.45, 7) is 2.35. The molecule has 2 N–H and O–H groups in total. The number of hydrogen-bond donors (Lipinski definition) is 1. The number of ether oxygens (including phenoxy) is 1. The minimum Gasteiger partial charge on any atom is -0.381 e. The van der Waals surface area contributed by atoms with E-state index in [0.29, 0.717) is 28.4 Å². The van der Waals surface area contributed by atoms with Gasteiger partial charge in [0.25, 0.3) is 0 Å². The average Bonchev–Trinajstić information content (AvgIpc) is 2.21. The van der Waals surface area contributed by atoms with Crippen molar-refractivity contribution in [1.29, 1.82) is 0 Å². The van der Waals surface area contributed by atoms with Crippen molar-refractivity contribution in [2.24, 2.45) is 11.7 Å². The molecule has 1 aromatic rings. The first kappa shape index (κ1) is 12.2. The number of nitrogens with two attached hydrogens (primary N) is 1. The fraction of sp³-hybridized carbons (Fsp3) is 0.500. The second-order valence-electron chi connectivity index (χ2n) is 4.25. The molecule has 0 aromatic heterocycles. The van der Waals surface area contributed by atoms with Gasteiger partial charge in [0.2, 0.25) is 0 Å². The molecule has 1 fully saturated rings. The van der Waals surface area contributed by atoms with E-state index in [0.717, 1.165) is 19.6 Å². The lowest BCUT2D eigenvalue weighted by atomic mass is 9.88. The third kappa shape index (κ3) is 2.69. The van der Waals surface area contributed by atoms with Gasteiger partial charge in [0.1, 0.15) is 0 Å². The van der Waals surface area contributed by atoms with Gasteiger partial charge in [0.15, 0.2) is 0 Å². The van der Waals surface area contributed by atoms with Gasteiger partial charge in [-0.05, 0) is 36.6 Å². The molecule has 0 spiro atoms. The summed E-state index contributed by atoms with van der Waals surface area (Å²) in [6.07, 6.45) is 1.06. The monoisotopic (exact) mass is 259 g/mol. The van der Waals surface area contributed by atoms with E-state index < -0.39 is 0 Å². The van der Waals surface area contributed by atoms with E-state index in [9.17, 15) is 0 Å². The maximum Gasteiger partial charge on any atom is 0.0595 e. The summed E-state index contributed by atoms with van der Waals surface area (Å²) in [6, 6.07) is 5.76. The summed E-state index contributed by atoms with van der Waals surface area (Å²) < 4.78 is 5.17. The lowest BCUT2D eigenvalue weighted by Gasteiger charge is -2.29. The summed E-state index contributed by atoms with van der Waals surface area (Å²) in [5, 5.41) is 1.19. The van der Waals surface area contributed by atoms with Crippen molar-refractivity contribution in [3.8, 4) is 0 Å². The molecule has 4 heteroatoms. The van der Waals surface area contributed by atoms with E-state index in [-0.39, 0.29) is 0 Å². The molecule has 0 saturated carbocycles. The fourth-order valence-electron chi connectivity index (χ4n) is 1.96. The van der Waals surface area contributed by atoms with Crippen molar-refractivity contribution in [3.05, 3.63) is 33.8 Å². The Bertz CT molecular complexity index is 366. The Labute approximate surface area is 106 Å². The molecular weight excluding hydrogens is 245 g/mol. The van der Waals surface area contributed by atoms with Crippen LogP contribution in [0.2, 0.25) is 10.0 Å². The van der Waals surface area contributed by atoms with Gasteiger partial charge in [0, 0.05) is 5.92 Å². The highest BCUT2D eigenvalue weighted by Gasteiger charge is 2.23. The van der Waals surface area contributed by atoms with Crippen molar-refractivity contribution in [2.45, 2.75) is 12.3 Å². The van der Waals surface area contributed by atoms with E-state index in [4.69, 9.17) is 33.7 Å². The van der Waals surface area contributed by atoms with Gasteiger partial charge in [-0.3, -0.25) is 0 Å². The van der Waals surface area contributed by atoms with Gasteiger partial charge < -0.3 is 10.5 Å². The summed E-state index contributed by atoms with van der Waals surface area (Å²) in [5.41, 5.74) is 6.97. The van der Waals surface area contributed by atoms with Crippen LogP contribution in [0.15, 0.2) is 18.2 Å². The van der Waals surface area contributed by atoms with Crippen LogP contribution in [0.1, 0.15) is 17.9 Å². The number of benzene rings is 1. The Kier molecular flexibility index (Phi) is 4.09. The fourth-order valence-corrected chi connectivity index (χ4v) is 2.26. The van der Waals surface area contributed by atoms with Crippen LogP contribution in [0, 0.1) is 5.92 Å². The Balaban J connectivity index is 2.09. The van der Waals surface area contributed by atoms with E-state index in [1.54, 1.807) is 0 Å². The standard InChI is InChI=1S/C12H15Cl2NO/c13-11-2-1-9(4-12(11)14)10(5-15)3-8-6-16-7-8/h1-2,4,8,10H,3,5-7,15H2. The van der Waals surface area contributed by atoms with Crippen molar-refractivity contribution in [1.82, 2.24) is 0 Å². The molecule has 0 amide bonds. The van der Waals surface area contributed by atoms with Crippen LogP contribution in [-0.2, 0) is 4.74 Å². The summed E-state index contributed by atoms with van der Waals surface area (Å²) in [4.78, 5) is 0. The van der Waals surface area contributed by atoms with Gasteiger partial charge in [0.05, 0.1) is 23.3 Å². The minimum atomic E-state index is 0.351. The number of hydrogen-bond acceptors (Lipinski definition) is 2. The van der Waals surface area contributed by atoms with Crippen LogP contribution < -0.4 is 5.73 Å². The first-order valence-corrected chi connectivity index (χ1v) is 6.19. The third-order valence-corrected chi connectivity index (χ3v) is 3.76. The number of rotatable bonds is 4. The van der Waals surface area contributed by atoms with Crippen molar-refractivity contribution in [3.63, 3.8) is 0 Å². The highest BCUT2D eigenvalue weighted by atomic mass is 35.5. The van der Waals surface area contributed by atoms with E-state index in [2.05, 4.69) is 0 Å². The summed E-state index contributed by atoms with van der Waals surface area (Å²) in [7, 11) is 0. The van der Waals surface area contributed by atoms with Crippen molar-refractivity contribution in [2.75, 3.05) is 19.8 Å². The Hall–Kier alpha value is -0.280. The van der Waals surface area contributed by atoms with Crippen molar-refractivity contribution >= 4 is 23.2 Å². The van der Waals surface area contributed by atoms with Gasteiger partial charge in [-0.25, -0.2) is 0 Å². The van der Waals surface area contributed by atoms with Crippen molar-refractivity contribution < 1.29 is 4.74 Å². The molecule has 2 rings (SSSR count). The molecule has 1 aliphatic heterocycles. The second-order valence-corrected chi connectivity index (χ2v) is 5.06. The molecule has 1 aliphatic rings. The minimum absolute atomic E-state index is 0.351. The van der Waals surface area contributed by atoms with Crippen LogP contribution in [0.4, 0.5) is 0 Å². The molecule has 2 nitrogen and oxygen atoms in total. The van der Waals surface area contributed by atoms with Crippen LogP contribution >= 0.6 is 23.2 Å². The van der Waals surface area contributed by atoms with E-state index in [1.807, 2.05) is 18.2 Å². The normalized spacial score (nSPS) is 18.2. The second kappa shape index (κ2) is 5.37. The van der Waals surface area contributed by atoms with Crippen LogP contribution in [0.5, 0.6) is 0 Å². The Morgan fingerprint density at radius 3 is 2.56 bits per heavy atom. The van der Waals surface area contributed by atoms with Crippen LogP contribution in [0.25, 0.3) is 0 Å². The molecule has 1 atom stereocenters. The Morgan fingerprint density at radius 1 is 1.31 bits per heavy atom. The summed E-state index contributed by atoms with van der Waals surface area (Å²) in [5.74, 6) is 0.992. The zero-order chi connectivity index (χ0) is 11.5. The van der Waals surface area contributed by atoms with E-state index in [1.165, 1.54) is 5.56 Å². The first-order chi connectivity index (χ1) is 7.70. The van der Waals surface area contributed by atoms with Gasteiger partial charge in [-0.15, -0.1) is 0 Å². The quantitative estimate of drug-likeness (QED) is 0.902. The van der Waals surface area contributed by atoms with Gasteiger partial charge in [-0.1, -0.05) is 29.3 Å². The average molecular weight is 260 g/mol. The molecule has 88 valence electrons. The van der Waals surface area contributed by atoms with Crippen LogP contribution in [-0.4, -0.2) is 19.8 Å². The molecular formula is C12H15Cl2NO. The smallest absolute Gasteiger partial charge is 0.0595 e. The lowest BCUT2D eigenvalue weighted by molar-refractivity contribution is -0.0382. The zero-order valence-electron chi connectivity index (χ0n) is 8.96. The molecule has 16 heavy (non-hydrogen) atoms. The molecule has 1 unspecified atom stereocenters. The van der Waals surface area contributed by atoms with E-state index >= 15 is 0 Å². The first-order valence-electron chi connectivity index (χ1n) is 5.43. The van der Waals surface area contributed by atoms with Gasteiger partial charge in [-0.2, -0.15) is 0 Å². The summed E-state index contributed by atoms with van der Waals surface area (Å²) >= 11 is 11.9. The maximum atomic E-state index is 6.00. The van der Waals surface area contributed by atoms with Gasteiger partial charge >= 0.3 is 0 Å². The maximum absolute atomic E-state index is 6.00. The predicted molar refractivity (Wildman–Crippen MR) is 67.2 cm³/mol. The molecule has 1 heterocycles. The molecule has 0 bridgehead atoms. The third-order valence-electron chi connectivity index (χ3n) is 3.02. The molecule has 1 saturated heterocycles. The van der Waals surface area contributed by atoms with Crippen LogP contribution in [0.3, 0.4) is 0 Å². The lowest BCUT2D eigenvalue weighted by Crippen LogP contribution is -2.30. The highest BCUT2D eigenvalue weighted by molar-refractivity contribution is 6.42. The predicted octanol–water partition coefficient (Wildman–Crippen LogP) is 3.07.